The molecule has 1 saturated heterocycles. The molecular formula is C9H10Cl2F3N5. The molecule has 0 aromatic carbocycles. The van der Waals surface area contributed by atoms with Gasteiger partial charge in [-0.1, -0.05) is 11.6 Å². The second-order valence-electron chi connectivity index (χ2n) is 4.07. The summed E-state index contributed by atoms with van der Waals surface area (Å²) in [4.78, 5) is 7.02. The molecule has 5 nitrogen and oxygen atoms in total. The van der Waals surface area contributed by atoms with E-state index in [1.54, 1.807) is 4.90 Å². The Morgan fingerprint density at radius 2 is 1.68 bits per heavy atom. The number of hydrogen-bond acceptors (Lipinski definition) is 5. The lowest BCUT2D eigenvalue weighted by Crippen LogP contribution is -2.49. The van der Waals surface area contributed by atoms with Crippen molar-refractivity contribution in [3.05, 3.63) is 10.4 Å². The minimum atomic E-state index is -4.18. The van der Waals surface area contributed by atoms with Crippen LogP contribution in [-0.2, 0) is 0 Å². The van der Waals surface area contributed by atoms with Gasteiger partial charge in [0, 0.05) is 26.2 Å². The summed E-state index contributed by atoms with van der Waals surface area (Å²) in [5.74, 6) is 0.355. The van der Waals surface area contributed by atoms with E-state index in [1.165, 1.54) is 4.90 Å². The maximum absolute atomic E-state index is 12.3. The molecule has 0 unspecified atom stereocenters. The van der Waals surface area contributed by atoms with Crippen molar-refractivity contribution >= 4 is 29.0 Å². The minimum Gasteiger partial charge on any atom is -0.351 e. The van der Waals surface area contributed by atoms with Crippen molar-refractivity contribution in [1.82, 2.24) is 20.1 Å². The van der Waals surface area contributed by atoms with Gasteiger partial charge in [0.2, 0.25) is 5.28 Å². The smallest absolute Gasteiger partial charge is 0.351 e. The predicted octanol–water partition coefficient (Wildman–Crippen LogP) is 1.86. The SMILES string of the molecule is FC(F)(F)CN1CCN(c2nc(Cl)nnc2Cl)CC1. The molecule has 1 aliphatic heterocycles. The first-order valence-corrected chi connectivity index (χ1v) is 6.20. The van der Waals surface area contributed by atoms with E-state index in [0.717, 1.165) is 0 Å². The number of halogens is 5. The molecule has 0 bridgehead atoms. The third-order valence-corrected chi connectivity index (χ3v) is 3.08. The van der Waals surface area contributed by atoms with Gasteiger partial charge in [-0.05, 0) is 11.6 Å². The van der Waals surface area contributed by atoms with Gasteiger partial charge in [0.05, 0.1) is 6.54 Å². The molecule has 19 heavy (non-hydrogen) atoms. The molecule has 0 atom stereocenters. The number of anilines is 1. The summed E-state index contributed by atoms with van der Waals surface area (Å²) >= 11 is 11.5. The van der Waals surface area contributed by atoms with Crippen LogP contribution in [0.5, 0.6) is 0 Å². The predicted molar refractivity (Wildman–Crippen MR) is 64.6 cm³/mol. The summed E-state index contributed by atoms with van der Waals surface area (Å²) in [7, 11) is 0. The third-order valence-electron chi connectivity index (χ3n) is 2.68. The van der Waals surface area contributed by atoms with Crippen LogP contribution in [0.2, 0.25) is 10.4 Å². The molecule has 2 rings (SSSR count). The number of hydrogen-bond donors (Lipinski definition) is 0. The summed E-state index contributed by atoms with van der Waals surface area (Å²) in [5.41, 5.74) is 0. The van der Waals surface area contributed by atoms with Crippen LogP contribution < -0.4 is 4.90 Å². The zero-order valence-electron chi connectivity index (χ0n) is 9.66. The van der Waals surface area contributed by atoms with Crippen molar-refractivity contribution in [3.8, 4) is 0 Å². The van der Waals surface area contributed by atoms with Gasteiger partial charge in [0.25, 0.3) is 0 Å². The fraction of sp³-hybridized carbons (Fsp3) is 0.667. The van der Waals surface area contributed by atoms with Gasteiger partial charge in [0.1, 0.15) is 0 Å². The van der Waals surface area contributed by atoms with E-state index in [4.69, 9.17) is 23.2 Å². The molecule has 10 heteroatoms. The van der Waals surface area contributed by atoms with Crippen LogP contribution in [0.4, 0.5) is 19.0 Å². The van der Waals surface area contributed by atoms with Crippen LogP contribution >= 0.6 is 23.2 Å². The van der Waals surface area contributed by atoms with Crippen molar-refractivity contribution in [2.75, 3.05) is 37.6 Å². The Balaban J connectivity index is 1.98. The molecule has 2 heterocycles. The lowest BCUT2D eigenvalue weighted by Gasteiger charge is -2.35. The quantitative estimate of drug-likeness (QED) is 0.833. The lowest BCUT2D eigenvalue weighted by atomic mass is 10.3. The highest BCUT2D eigenvalue weighted by Gasteiger charge is 2.32. The summed E-state index contributed by atoms with van der Waals surface area (Å²) in [6.45, 7) is 0.405. The molecular weight excluding hydrogens is 306 g/mol. The van der Waals surface area contributed by atoms with E-state index in [1.807, 2.05) is 0 Å². The summed E-state index contributed by atoms with van der Waals surface area (Å²) in [6, 6.07) is 0. The highest BCUT2D eigenvalue weighted by molar-refractivity contribution is 6.32. The minimum absolute atomic E-state index is 0.0443. The largest absolute Gasteiger partial charge is 0.401 e. The van der Waals surface area contributed by atoms with E-state index in [9.17, 15) is 13.2 Å². The normalized spacial score (nSPS) is 17.8. The maximum Gasteiger partial charge on any atom is 0.401 e. The van der Waals surface area contributed by atoms with Gasteiger partial charge in [-0.25, -0.2) is 0 Å². The number of aromatic nitrogens is 3. The first-order chi connectivity index (χ1) is 8.85. The van der Waals surface area contributed by atoms with Crippen molar-refractivity contribution in [2.45, 2.75) is 6.18 Å². The van der Waals surface area contributed by atoms with Gasteiger partial charge in [-0.3, -0.25) is 4.90 Å². The molecule has 0 amide bonds. The van der Waals surface area contributed by atoms with Gasteiger partial charge in [-0.15, -0.1) is 10.2 Å². The number of piperazine rings is 1. The van der Waals surface area contributed by atoms with Crippen molar-refractivity contribution < 1.29 is 13.2 Å². The second kappa shape index (κ2) is 5.64. The van der Waals surface area contributed by atoms with Crippen molar-refractivity contribution in [1.29, 1.82) is 0 Å². The summed E-state index contributed by atoms with van der Waals surface area (Å²) < 4.78 is 36.8. The summed E-state index contributed by atoms with van der Waals surface area (Å²) in [5, 5.41) is 7.15. The Kier molecular flexibility index (Phi) is 4.32. The first kappa shape index (κ1) is 14.5. The highest BCUT2D eigenvalue weighted by Crippen LogP contribution is 2.24. The Morgan fingerprint density at radius 3 is 2.26 bits per heavy atom. The van der Waals surface area contributed by atoms with Crippen LogP contribution in [0.15, 0.2) is 0 Å². The molecule has 0 aliphatic carbocycles. The van der Waals surface area contributed by atoms with E-state index >= 15 is 0 Å². The zero-order valence-corrected chi connectivity index (χ0v) is 11.2. The van der Waals surface area contributed by atoms with E-state index in [-0.39, 0.29) is 23.5 Å². The fourth-order valence-corrected chi connectivity index (χ4v) is 2.18. The number of rotatable bonds is 2. The van der Waals surface area contributed by atoms with E-state index in [2.05, 4.69) is 15.2 Å². The molecule has 0 radical (unpaired) electrons. The van der Waals surface area contributed by atoms with Crippen LogP contribution in [0.3, 0.4) is 0 Å². The molecule has 0 spiro atoms. The molecule has 0 N–H and O–H groups in total. The third kappa shape index (κ3) is 4.05. The van der Waals surface area contributed by atoms with E-state index < -0.39 is 12.7 Å². The van der Waals surface area contributed by atoms with Gasteiger partial charge in [-0.2, -0.15) is 18.2 Å². The molecule has 106 valence electrons. The maximum atomic E-state index is 12.3. The number of alkyl halides is 3. The monoisotopic (exact) mass is 315 g/mol. The molecule has 1 aliphatic rings. The molecule has 0 saturated carbocycles. The Labute approximate surface area is 117 Å². The van der Waals surface area contributed by atoms with Gasteiger partial charge >= 0.3 is 6.18 Å². The van der Waals surface area contributed by atoms with E-state index in [0.29, 0.717) is 18.9 Å². The first-order valence-electron chi connectivity index (χ1n) is 5.45. The Bertz CT molecular complexity index is 448. The van der Waals surface area contributed by atoms with Crippen LogP contribution in [0.25, 0.3) is 0 Å². The molecule has 1 aromatic heterocycles. The average molecular weight is 316 g/mol. The second-order valence-corrected chi connectivity index (χ2v) is 4.77. The molecule has 1 fully saturated rings. The fourth-order valence-electron chi connectivity index (χ4n) is 1.86. The topological polar surface area (TPSA) is 45.2 Å². The Hall–Kier alpha value is -0.860. The highest BCUT2D eigenvalue weighted by atomic mass is 35.5. The van der Waals surface area contributed by atoms with Crippen molar-refractivity contribution in [3.63, 3.8) is 0 Å². The molecule has 1 aromatic rings. The van der Waals surface area contributed by atoms with Gasteiger partial charge in [0.15, 0.2) is 11.0 Å². The van der Waals surface area contributed by atoms with Crippen LogP contribution in [0.1, 0.15) is 0 Å². The standard InChI is InChI=1S/C9H10Cl2F3N5/c10-6-7(15-8(11)17-16-6)19-3-1-18(2-4-19)5-9(12,13)14/h1-5H2. The zero-order chi connectivity index (χ0) is 14.0. The lowest BCUT2D eigenvalue weighted by molar-refractivity contribution is -0.146. The average Bonchev–Trinajstić information content (AvgIpc) is 2.31. The van der Waals surface area contributed by atoms with Gasteiger partial charge < -0.3 is 4.90 Å². The van der Waals surface area contributed by atoms with Crippen LogP contribution in [-0.4, -0.2) is 59.0 Å². The van der Waals surface area contributed by atoms with Crippen molar-refractivity contribution in [2.24, 2.45) is 0 Å². The number of nitrogens with zero attached hydrogens (tertiary/aromatic N) is 5. The summed E-state index contributed by atoms with van der Waals surface area (Å²) in [6.07, 6.45) is -4.18. The Morgan fingerprint density at radius 1 is 1.05 bits per heavy atom. The van der Waals surface area contributed by atoms with Crippen LogP contribution in [0, 0.1) is 0 Å².